The Balaban J connectivity index is 2.38. The number of aryl methyl sites for hydroxylation is 1. The molecule has 0 saturated heterocycles. The summed E-state index contributed by atoms with van der Waals surface area (Å²) in [5.74, 6) is -0.0984. The number of hydrogen-bond acceptors (Lipinski definition) is 3. The van der Waals surface area contributed by atoms with E-state index in [0.717, 1.165) is 17.0 Å². The Bertz CT molecular complexity index is 403. The molecule has 0 aromatic heterocycles. The summed E-state index contributed by atoms with van der Waals surface area (Å²) in [6.45, 7) is 2.18. The van der Waals surface area contributed by atoms with E-state index < -0.39 is 12.0 Å². The minimum absolute atomic E-state index is 0.197. The van der Waals surface area contributed by atoms with E-state index in [1.807, 2.05) is 25.1 Å². The maximum absolute atomic E-state index is 10.9. The van der Waals surface area contributed by atoms with Gasteiger partial charge < -0.3 is 14.7 Å². The maximum atomic E-state index is 10.9. The first kappa shape index (κ1) is 9.83. The molecule has 0 saturated carbocycles. The van der Waals surface area contributed by atoms with Crippen LogP contribution in [-0.4, -0.2) is 30.8 Å². The SMILES string of the molecule is Cc1ccc2c(c1)OCC(C(=O)O)N2C. The fourth-order valence-electron chi connectivity index (χ4n) is 1.71. The largest absolute Gasteiger partial charge is 0.489 e. The number of ether oxygens (including phenoxy) is 1. The molecule has 1 aliphatic rings. The van der Waals surface area contributed by atoms with Gasteiger partial charge in [-0.3, -0.25) is 0 Å². The summed E-state index contributed by atoms with van der Waals surface area (Å²) < 4.78 is 5.43. The van der Waals surface area contributed by atoms with Crippen molar-refractivity contribution in [1.82, 2.24) is 0 Å². The number of nitrogens with zero attached hydrogens (tertiary/aromatic N) is 1. The summed E-state index contributed by atoms with van der Waals surface area (Å²) in [6, 6.07) is 5.16. The molecule has 1 aromatic carbocycles. The van der Waals surface area contributed by atoms with E-state index in [0.29, 0.717) is 0 Å². The van der Waals surface area contributed by atoms with Crippen LogP contribution in [0.5, 0.6) is 5.75 Å². The smallest absolute Gasteiger partial charge is 0.329 e. The molecule has 2 rings (SSSR count). The van der Waals surface area contributed by atoms with Crippen LogP contribution in [0.1, 0.15) is 5.56 Å². The molecule has 1 unspecified atom stereocenters. The van der Waals surface area contributed by atoms with Crippen LogP contribution in [0.2, 0.25) is 0 Å². The van der Waals surface area contributed by atoms with Gasteiger partial charge >= 0.3 is 5.97 Å². The van der Waals surface area contributed by atoms with E-state index in [-0.39, 0.29) is 6.61 Å². The molecule has 0 spiro atoms. The van der Waals surface area contributed by atoms with Crippen LogP contribution in [0, 0.1) is 6.92 Å². The zero-order valence-electron chi connectivity index (χ0n) is 8.73. The number of hydrogen-bond donors (Lipinski definition) is 1. The van der Waals surface area contributed by atoms with Gasteiger partial charge in [0, 0.05) is 7.05 Å². The molecular formula is C11H13NO3. The van der Waals surface area contributed by atoms with Crippen molar-refractivity contribution in [1.29, 1.82) is 0 Å². The molecule has 0 radical (unpaired) electrons. The minimum Gasteiger partial charge on any atom is -0.489 e. The first-order valence-electron chi connectivity index (χ1n) is 4.78. The van der Waals surface area contributed by atoms with Crippen LogP contribution >= 0.6 is 0 Å². The third kappa shape index (κ3) is 1.63. The Morgan fingerprint density at radius 1 is 1.60 bits per heavy atom. The number of benzene rings is 1. The average Bonchev–Trinajstić information content (AvgIpc) is 2.17. The highest BCUT2D eigenvalue weighted by atomic mass is 16.5. The molecule has 1 N–H and O–H groups in total. The summed E-state index contributed by atoms with van der Waals surface area (Å²) >= 11 is 0. The van der Waals surface area contributed by atoms with Gasteiger partial charge in [-0.1, -0.05) is 6.07 Å². The fraction of sp³-hybridized carbons (Fsp3) is 0.364. The highest BCUT2D eigenvalue weighted by Crippen LogP contribution is 2.33. The standard InChI is InChI=1S/C11H13NO3/c1-7-3-4-8-10(5-7)15-6-9(11(13)14)12(8)2/h3-5,9H,6H2,1-2H3,(H,13,14). The van der Waals surface area contributed by atoms with Crippen molar-refractivity contribution in [3.63, 3.8) is 0 Å². The van der Waals surface area contributed by atoms with Gasteiger partial charge in [-0.25, -0.2) is 4.79 Å². The number of rotatable bonds is 1. The summed E-state index contributed by atoms with van der Waals surface area (Å²) in [5.41, 5.74) is 1.94. The molecule has 0 bridgehead atoms. The first-order chi connectivity index (χ1) is 7.09. The second-order valence-corrected chi connectivity index (χ2v) is 3.75. The van der Waals surface area contributed by atoms with Gasteiger partial charge in [0.05, 0.1) is 5.69 Å². The highest BCUT2D eigenvalue weighted by molar-refractivity contribution is 5.80. The monoisotopic (exact) mass is 207 g/mol. The summed E-state index contributed by atoms with van der Waals surface area (Å²) in [4.78, 5) is 12.7. The Labute approximate surface area is 88.1 Å². The summed E-state index contributed by atoms with van der Waals surface area (Å²) in [7, 11) is 1.77. The van der Waals surface area contributed by atoms with Gasteiger partial charge in [0.2, 0.25) is 0 Å². The highest BCUT2D eigenvalue weighted by Gasteiger charge is 2.29. The summed E-state index contributed by atoms with van der Waals surface area (Å²) in [6.07, 6.45) is 0. The van der Waals surface area contributed by atoms with Crippen LogP contribution in [-0.2, 0) is 4.79 Å². The lowest BCUT2D eigenvalue weighted by Crippen LogP contribution is -2.45. The van der Waals surface area contributed by atoms with Gasteiger partial charge in [-0.15, -0.1) is 0 Å². The molecule has 15 heavy (non-hydrogen) atoms. The van der Waals surface area contributed by atoms with Gasteiger partial charge in [0.1, 0.15) is 12.4 Å². The van der Waals surface area contributed by atoms with Gasteiger partial charge in [-0.05, 0) is 24.6 Å². The predicted octanol–water partition coefficient (Wildman–Crippen LogP) is 1.28. The topological polar surface area (TPSA) is 49.8 Å². The zero-order valence-corrected chi connectivity index (χ0v) is 8.73. The van der Waals surface area contributed by atoms with E-state index in [1.54, 1.807) is 11.9 Å². The average molecular weight is 207 g/mol. The van der Waals surface area contributed by atoms with E-state index in [2.05, 4.69) is 0 Å². The van der Waals surface area contributed by atoms with Gasteiger partial charge in [0.15, 0.2) is 6.04 Å². The lowest BCUT2D eigenvalue weighted by Gasteiger charge is -2.33. The van der Waals surface area contributed by atoms with Crippen molar-refractivity contribution < 1.29 is 14.6 Å². The van der Waals surface area contributed by atoms with Crippen molar-refractivity contribution in [3.05, 3.63) is 23.8 Å². The van der Waals surface area contributed by atoms with Crippen LogP contribution < -0.4 is 9.64 Å². The van der Waals surface area contributed by atoms with E-state index in [9.17, 15) is 4.79 Å². The molecule has 80 valence electrons. The third-order valence-electron chi connectivity index (χ3n) is 2.64. The van der Waals surface area contributed by atoms with Crippen LogP contribution in [0.3, 0.4) is 0 Å². The first-order valence-corrected chi connectivity index (χ1v) is 4.78. The molecule has 0 aliphatic carbocycles. The molecule has 0 amide bonds. The summed E-state index contributed by atoms with van der Waals surface area (Å²) in [5, 5.41) is 8.97. The number of carbonyl (C=O) groups is 1. The Kier molecular flexibility index (Phi) is 2.26. The molecule has 1 aromatic rings. The van der Waals surface area contributed by atoms with Crippen molar-refractivity contribution in [3.8, 4) is 5.75 Å². The van der Waals surface area contributed by atoms with E-state index in [4.69, 9.17) is 9.84 Å². The Hall–Kier alpha value is -1.71. The van der Waals surface area contributed by atoms with Crippen molar-refractivity contribution in [2.24, 2.45) is 0 Å². The third-order valence-corrected chi connectivity index (χ3v) is 2.64. The maximum Gasteiger partial charge on any atom is 0.329 e. The normalized spacial score (nSPS) is 19.3. The van der Waals surface area contributed by atoms with Gasteiger partial charge in [0.25, 0.3) is 0 Å². The number of carboxylic acids is 1. The number of aliphatic carboxylic acids is 1. The number of likely N-dealkylation sites (N-methyl/N-ethyl adjacent to an activating group) is 1. The van der Waals surface area contributed by atoms with Crippen LogP contribution in [0.15, 0.2) is 18.2 Å². The minimum atomic E-state index is -0.858. The van der Waals surface area contributed by atoms with Gasteiger partial charge in [-0.2, -0.15) is 0 Å². The van der Waals surface area contributed by atoms with Crippen LogP contribution in [0.4, 0.5) is 5.69 Å². The second-order valence-electron chi connectivity index (χ2n) is 3.75. The van der Waals surface area contributed by atoms with E-state index >= 15 is 0 Å². The molecule has 4 nitrogen and oxygen atoms in total. The molecule has 4 heteroatoms. The molecular weight excluding hydrogens is 194 g/mol. The lowest BCUT2D eigenvalue weighted by molar-refractivity contribution is -0.139. The molecule has 1 heterocycles. The Morgan fingerprint density at radius 3 is 3.00 bits per heavy atom. The fourth-order valence-corrected chi connectivity index (χ4v) is 1.71. The molecule has 0 fully saturated rings. The van der Waals surface area contributed by atoms with E-state index in [1.165, 1.54) is 0 Å². The quantitative estimate of drug-likeness (QED) is 0.753. The molecule has 1 aliphatic heterocycles. The zero-order chi connectivity index (χ0) is 11.0. The Morgan fingerprint density at radius 2 is 2.33 bits per heavy atom. The predicted molar refractivity (Wildman–Crippen MR) is 56.5 cm³/mol. The number of anilines is 1. The number of carboxylic acid groups (broad SMARTS) is 1. The lowest BCUT2D eigenvalue weighted by atomic mass is 10.1. The second kappa shape index (κ2) is 3.46. The van der Waals surface area contributed by atoms with Crippen LogP contribution in [0.25, 0.3) is 0 Å². The number of fused-ring (bicyclic) bond motifs is 1. The molecule has 1 atom stereocenters. The van der Waals surface area contributed by atoms with Crippen molar-refractivity contribution in [2.75, 3.05) is 18.6 Å². The van der Waals surface area contributed by atoms with Crippen molar-refractivity contribution >= 4 is 11.7 Å². The van der Waals surface area contributed by atoms with Crippen molar-refractivity contribution in [2.45, 2.75) is 13.0 Å².